The molecule has 0 saturated carbocycles. The molecule has 1 aliphatic rings. The lowest BCUT2D eigenvalue weighted by atomic mass is 10.1. The molecule has 0 aliphatic heterocycles. The van der Waals surface area contributed by atoms with Crippen molar-refractivity contribution in [1.82, 2.24) is 4.90 Å². The largest absolute Gasteiger partial charge is 0.392 e. The number of hydrogen-bond donors (Lipinski definition) is 1. The van der Waals surface area contributed by atoms with E-state index in [2.05, 4.69) is 9.69 Å². The predicted molar refractivity (Wildman–Crippen MR) is 59.4 cm³/mol. The van der Waals surface area contributed by atoms with Crippen LogP contribution < -0.4 is 0 Å². The monoisotopic (exact) mass is 207 g/mol. The lowest BCUT2D eigenvalue weighted by molar-refractivity contribution is -0.00547. The van der Waals surface area contributed by atoms with Crippen LogP contribution in [0.4, 0.5) is 0 Å². The minimum atomic E-state index is -0.341. The molecule has 1 N–H and O–H groups in total. The Bertz CT molecular complexity index is 325. The zero-order valence-corrected chi connectivity index (χ0v) is 9.22. The number of hydrogen-bond acceptors (Lipinski definition) is 2. The molecule has 0 aromatic rings. The van der Waals surface area contributed by atoms with Gasteiger partial charge in [-0.2, -0.15) is 4.79 Å². The van der Waals surface area contributed by atoms with E-state index in [1.54, 1.807) is 13.0 Å². The highest BCUT2D eigenvalue weighted by atomic mass is 16.3. The van der Waals surface area contributed by atoms with E-state index in [1.807, 2.05) is 19.1 Å². The van der Waals surface area contributed by atoms with Gasteiger partial charge in [-0.1, -0.05) is 0 Å². The molecular formula is C11H17N3O. The van der Waals surface area contributed by atoms with Crippen molar-refractivity contribution in [2.45, 2.75) is 26.4 Å². The molecule has 0 amide bonds. The number of allylic oxidation sites excluding steroid dienone is 3. The second kappa shape index (κ2) is 5.49. The van der Waals surface area contributed by atoms with Crippen LogP contribution in [0.1, 0.15) is 20.3 Å². The first-order chi connectivity index (χ1) is 7.17. The molecule has 1 atom stereocenters. The summed E-state index contributed by atoms with van der Waals surface area (Å²) in [6.45, 7) is 5.30. The van der Waals surface area contributed by atoms with Gasteiger partial charge < -0.3 is 15.5 Å². The summed E-state index contributed by atoms with van der Waals surface area (Å²) in [6.07, 6.45) is 6.00. The summed E-state index contributed by atoms with van der Waals surface area (Å²) in [5, 5.41) is 9.33. The topological polar surface area (TPSA) is 59.9 Å². The van der Waals surface area contributed by atoms with Crippen LogP contribution in [-0.2, 0) is 0 Å². The summed E-state index contributed by atoms with van der Waals surface area (Å²) in [7, 11) is 0. The van der Waals surface area contributed by atoms with Gasteiger partial charge in [-0.05, 0) is 26.0 Å². The van der Waals surface area contributed by atoms with E-state index in [-0.39, 0.29) is 6.10 Å². The standard InChI is InChI=1S/C11H17N3O/c1-3-14(8-9(2)15)11-6-4-10(13-12)5-7-11/h4,6-7,9,15H,3,5,8H2,1-2H3. The number of nitrogens with zero attached hydrogens (tertiary/aromatic N) is 3. The van der Waals surface area contributed by atoms with Crippen molar-refractivity contribution in [2.24, 2.45) is 0 Å². The summed E-state index contributed by atoms with van der Waals surface area (Å²) in [6, 6.07) is 0. The Morgan fingerprint density at radius 3 is 2.73 bits per heavy atom. The summed E-state index contributed by atoms with van der Waals surface area (Å²) < 4.78 is 0. The lowest BCUT2D eigenvalue weighted by Crippen LogP contribution is -2.30. The fourth-order valence-electron chi connectivity index (χ4n) is 1.57. The van der Waals surface area contributed by atoms with Crippen LogP contribution in [0.5, 0.6) is 0 Å². The quantitative estimate of drug-likeness (QED) is 0.556. The molecule has 1 aliphatic carbocycles. The Morgan fingerprint density at radius 1 is 1.60 bits per heavy atom. The summed E-state index contributed by atoms with van der Waals surface area (Å²) >= 11 is 0. The molecule has 4 nitrogen and oxygen atoms in total. The van der Waals surface area contributed by atoms with Crippen molar-refractivity contribution in [3.63, 3.8) is 0 Å². The van der Waals surface area contributed by atoms with E-state index >= 15 is 0 Å². The van der Waals surface area contributed by atoms with E-state index in [4.69, 9.17) is 5.53 Å². The van der Waals surface area contributed by atoms with Crippen LogP contribution in [-0.4, -0.2) is 39.7 Å². The van der Waals surface area contributed by atoms with Crippen molar-refractivity contribution in [3.8, 4) is 0 Å². The van der Waals surface area contributed by atoms with Gasteiger partial charge in [0.05, 0.1) is 12.5 Å². The van der Waals surface area contributed by atoms with Crippen molar-refractivity contribution in [1.29, 1.82) is 0 Å². The summed E-state index contributed by atoms with van der Waals surface area (Å²) in [5.41, 5.74) is 10.3. The summed E-state index contributed by atoms with van der Waals surface area (Å²) in [5.74, 6) is 0. The van der Waals surface area contributed by atoms with Gasteiger partial charge in [0.1, 0.15) is 0 Å². The first-order valence-corrected chi connectivity index (χ1v) is 5.19. The third-order valence-electron chi connectivity index (χ3n) is 2.33. The average Bonchev–Trinajstić information content (AvgIpc) is 2.26. The first-order valence-electron chi connectivity index (χ1n) is 5.19. The maximum Gasteiger partial charge on any atom is 0.295 e. The van der Waals surface area contributed by atoms with Crippen LogP contribution in [0.15, 0.2) is 23.9 Å². The van der Waals surface area contributed by atoms with E-state index in [0.29, 0.717) is 18.7 Å². The SMILES string of the molecule is CCN(CC(C)O)C1=CCC(=[N+]=[N-])C=C1. The molecule has 0 heterocycles. The van der Waals surface area contributed by atoms with E-state index < -0.39 is 0 Å². The smallest absolute Gasteiger partial charge is 0.295 e. The maximum atomic E-state index is 9.33. The Balaban J connectivity index is 2.68. The minimum Gasteiger partial charge on any atom is -0.392 e. The van der Waals surface area contributed by atoms with Gasteiger partial charge >= 0.3 is 0 Å². The average molecular weight is 207 g/mol. The van der Waals surface area contributed by atoms with Crippen molar-refractivity contribution in [2.75, 3.05) is 13.1 Å². The fourth-order valence-corrected chi connectivity index (χ4v) is 1.57. The van der Waals surface area contributed by atoms with Gasteiger partial charge in [0.15, 0.2) is 0 Å². The molecule has 0 bridgehead atoms. The van der Waals surface area contributed by atoms with Crippen LogP contribution in [0.25, 0.3) is 5.53 Å². The Labute approximate surface area is 90.1 Å². The van der Waals surface area contributed by atoms with Gasteiger partial charge in [0, 0.05) is 24.9 Å². The van der Waals surface area contributed by atoms with Crippen LogP contribution in [0.3, 0.4) is 0 Å². The van der Waals surface area contributed by atoms with Gasteiger partial charge in [0.25, 0.3) is 5.71 Å². The van der Waals surface area contributed by atoms with Crippen LogP contribution >= 0.6 is 0 Å². The number of rotatable bonds is 4. The van der Waals surface area contributed by atoms with Gasteiger partial charge in [-0.25, -0.2) is 0 Å². The van der Waals surface area contributed by atoms with E-state index in [0.717, 1.165) is 12.2 Å². The maximum absolute atomic E-state index is 9.33. The van der Waals surface area contributed by atoms with Gasteiger partial charge in [-0.15, -0.1) is 0 Å². The molecule has 0 aromatic carbocycles. The Kier molecular flexibility index (Phi) is 4.28. The van der Waals surface area contributed by atoms with E-state index in [1.165, 1.54) is 0 Å². The highest BCUT2D eigenvalue weighted by Gasteiger charge is 2.13. The van der Waals surface area contributed by atoms with Gasteiger partial charge in [0.2, 0.25) is 0 Å². The minimum absolute atomic E-state index is 0.341. The molecule has 0 saturated heterocycles. The molecule has 0 spiro atoms. The zero-order valence-electron chi connectivity index (χ0n) is 9.22. The Hall–Kier alpha value is -1.38. The molecule has 0 radical (unpaired) electrons. The molecule has 1 unspecified atom stereocenters. The second-order valence-corrected chi connectivity index (χ2v) is 3.65. The number of aliphatic hydroxyl groups excluding tert-OH is 1. The molecule has 15 heavy (non-hydrogen) atoms. The predicted octanol–water partition coefficient (Wildman–Crippen LogP) is 1.20. The molecule has 1 rings (SSSR count). The summed E-state index contributed by atoms with van der Waals surface area (Å²) in [4.78, 5) is 5.24. The third kappa shape index (κ3) is 3.35. The highest BCUT2D eigenvalue weighted by Crippen LogP contribution is 2.12. The van der Waals surface area contributed by atoms with Crippen molar-refractivity contribution >= 4 is 5.71 Å². The van der Waals surface area contributed by atoms with Crippen molar-refractivity contribution in [3.05, 3.63) is 29.5 Å². The van der Waals surface area contributed by atoms with Crippen LogP contribution in [0, 0.1) is 0 Å². The molecular weight excluding hydrogens is 190 g/mol. The number of likely N-dealkylation sites (N-methyl/N-ethyl adjacent to an activating group) is 1. The first kappa shape index (κ1) is 11.7. The third-order valence-corrected chi connectivity index (χ3v) is 2.33. The Morgan fingerprint density at radius 2 is 2.33 bits per heavy atom. The molecule has 0 aromatic heterocycles. The number of aliphatic hydroxyl groups is 1. The fraction of sp³-hybridized carbons (Fsp3) is 0.545. The highest BCUT2D eigenvalue weighted by molar-refractivity contribution is 5.92. The van der Waals surface area contributed by atoms with Crippen molar-refractivity contribution < 1.29 is 9.90 Å². The zero-order chi connectivity index (χ0) is 11.3. The molecule has 0 fully saturated rings. The normalized spacial score (nSPS) is 17.0. The van der Waals surface area contributed by atoms with Crippen LogP contribution in [0.2, 0.25) is 0 Å². The second-order valence-electron chi connectivity index (χ2n) is 3.65. The molecule has 4 heteroatoms. The van der Waals surface area contributed by atoms with E-state index in [9.17, 15) is 5.11 Å². The molecule has 82 valence electrons. The van der Waals surface area contributed by atoms with Gasteiger partial charge in [-0.3, -0.25) is 0 Å². The lowest BCUT2D eigenvalue weighted by Gasteiger charge is -2.26.